The minimum atomic E-state index is -0.440. The van der Waals surface area contributed by atoms with Crippen LogP contribution in [0, 0.1) is 5.92 Å². The average molecular weight is 232 g/mol. The van der Waals surface area contributed by atoms with E-state index in [1.807, 2.05) is 0 Å². The summed E-state index contributed by atoms with van der Waals surface area (Å²) in [6.45, 7) is 5.51. The van der Waals surface area contributed by atoms with Gasteiger partial charge in [-0.25, -0.2) is 4.79 Å². The molecule has 0 bridgehead atoms. The van der Waals surface area contributed by atoms with E-state index in [-0.39, 0.29) is 13.4 Å². The second kappa shape index (κ2) is 9.15. The molecule has 0 aromatic rings. The zero-order valence-corrected chi connectivity index (χ0v) is 10.2. The first-order valence-corrected chi connectivity index (χ1v) is 5.39. The van der Waals surface area contributed by atoms with Crippen LogP contribution in [0.3, 0.4) is 0 Å². The molecule has 94 valence electrons. The molecule has 0 N–H and O–H groups in total. The van der Waals surface area contributed by atoms with Crippen molar-refractivity contribution in [3.8, 4) is 0 Å². The standard InChI is InChI=1S/C11H20O5/c1-9(2)5-4-6-15-11(13)7-14-8-16-10(3)12/h9H,4-8H2,1-3H3. The Balaban J connectivity index is 3.28. The fraction of sp³-hybridized carbons (Fsp3) is 0.818. The quantitative estimate of drug-likeness (QED) is 0.360. The normalized spacial score (nSPS) is 10.2. The molecule has 5 nitrogen and oxygen atoms in total. The Labute approximate surface area is 96.1 Å². The van der Waals surface area contributed by atoms with Crippen LogP contribution in [-0.2, 0) is 23.8 Å². The van der Waals surface area contributed by atoms with Crippen LogP contribution in [0.5, 0.6) is 0 Å². The minimum absolute atomic E-state index is 0.186. The molecule has 0 rings (SSSR count). The number of ether oxygens (including phenoxy) is 3. The predicted octanol–water partition coefficient (Wildman–Crippen LogP) is 1.50. The second-order valence-corrected chi connectivity index (χ2v) is 3.86. The van der Waals surface area contributed by atoms with Crippen molar-refractivity contribution in [3.05, 3.63) is 0 Å². The number of hydrogen-bond acceptors (Lipinski definition) is 5. The van der Waals surface area contributed by atoms with Crippen molar-refractivity contribution in [2.45, 2.75) is 33.6 Å². The maximum absolute atomic E-state index is 11.0. The summed E-state index contributed by atoms with van der Waals surface area (Å²) in [5, 5.41) is 0. The van der Waals surface area contributed by atoms with Crippen LogP contribution in [0.4, 0.5) is 0 Å². The van der Waals surface area contributed by atoms with Gasteiger partial charge >= 0.3 is 11.9 Å². The highest BCUT2D eigenvalue weighted by atomic mass is 16.7. The van der Waals surface area contributed by atoms with E-state index in [1.165, 1.54) is 6.92 Å². The van der Waals surface area contributed by atoms with Gasteiger partial charge in [-0.3, -0.25) is 4.79 Å². The molecule has 0 amide bonds. The van der Waals surface area contributed by atoms with Crippen LogP contribution in [0.1, 0.15) is 33.6 Å². The van der Waals surface area contributed by atoms with Crippen molar-refractivity contribution < 1.29 is 23.8 Å². The Morgan fingerprint density at radius 3 is 2.44 bits per heavy atom. The molecule has 16 heavy (non-hydrogen) atoms. The largest absolute Gasteiger partial charge is 0.464 e. The van der Waals surface area contributed by atoms with Crippen LogP contribution < -0.4 is 0 Å². The van der Waals surface area contributed by atoms with E-state index in [9.17, 15) is 9.59 Å². The Morgan fingerprint density at radius 2 is 1.88 bits per heavy atom. The highest BCUT2D eigenvalue weighted by Gasteiger charge is 2.03. The Morgan fingerprint density at radius 1 is 1.19 bits per heavy atom. The summed E-state index contributed by atoms with van der Waals surface area (Å²) in [4.78, 5) is 21.4. The summed E-state index contributed by atoms with van der Waals surface area (Å²) in [6.07, 6.45) is 1.88. The summed E-state index contributed by atoms with van der Waals surface area (Å²) < 4.78 is 14.1. The third kappa shape index (κ3) is 11.0. The monoisotopic (exact) mass is 232 g/mol. The maximum Gasteiger partial charge on any atom is 0.332 e. The highest BCUT2D eigenvalue weighted by molar-refractivity contribution is 5.70. The number of rotatable bonds is 8. The molecule has 0 heterocycles. The first-order valence-electron chi connectivity index (χ1n) is 5.39. The van der Waals surface area contributed by atoms with E-state index in [4.69, 9.17) is 9.47 Å². The molecule has 0 aliphatic carbocycles. The van der Waals surface area contributed by atoms with Gasteiger partial charge in [-0.2, -0.15) is 0 Å². The van der Waals surface area contributed by atoms with Crippen LogP contribution >= 0.6 is 0 Å². The summed E-state index contributed by atoms with van der Waals surface area (Å²) >= 11 is 0. The van der Waals surface area contributed by atoms with Gasteiger partial charge in [0, 0.05) is 6.92 Å². The van der Waals surface area contributed by atoms with Crippen molar-refractivity contribution in [1.82, 2.24) is 0 Å². The molecule has 0 aliphatic heterocycles. The minimum Gasteiger partial charge on any atom is -0.464 e. The van der Waals surface area contributed by atoms with Crippen LogP contribution in [-0.4, -0.2) is 31.9 Å². The van der Waals surface area contributed by atoms with Gasteiger partial charge in [0.25, 0.3) is 0 Å². The molecule has 0 saturated carbocycles. The van der Waals surface area contributed by atoms with Gasteiger partial charge < -0.3 is 14.2 Å². The molecule has 0 spiro atoms. The molecule has 5 heteroatoms. The molecule has 0 atom stereocenters. The number of esters is 2. The van der Waals surface area contributed by atoms with Crippen LogP contribution in [0.15, 0.2) is 0 Å². The molecule has 0 unspecified atom stereocenters. The lowest BCUT2D eigenvalue weighted by molar-refractivity contribution is -0.163. The average Bonchev–Trinajstić information content (AvgIpc) is 2.19. The molecule has 0 saturated heterocycles. The molecule has 0 fully saturated rings. The van der Waals surface area contributed by atoms with Gasteiger partial charge in [-0.1, -0.05) is 13.8 Å². The van der Waals surface area contributed by atoms with Crippen molar-refractivity contribution in [2.24, 2.45) is 5.92 Å². The van der Waals surface area contributed by atoms with E-state index in [0.717, 1.165) is 12.8 Å². The summed E-state index contributed by atoms with van der Waals surface area (Å²) in [5.41, 5.74) is 0. The number of carbonyl (C=O) groups excluding carboxylic acids is 2. The van der Waals surface area contributed by atoms with Gasteiger partial charge in [0.05, 0.1) is 6.61 Å². The maximum atomic E-state index is 11.0. The summed E-state index contributed by atoms with van der Waals surface area (Å²) in [6, 6.07) is 0. The molecular weight excluding hydrogens is 212 g/mol. The fourth-order valence-electron chi connectivity index (χ4n) is 0.969. The van der Waals surface area contributed by atoms with E-state index in [0.29, 0.717) is 12.5 Å². The lowest BCUT2D eigenvalue weighted by atomic mass is 10.1. The van der Waals surface area contributed by atoms with E-state index in [1.54, 1.807) is 0 Å². The smallest absolute Gasteiger partial charge is 0.332 e. The van der Waals surface area contributed by atoms with Crippen LogP contribution in [0.25, 0.3) is 0 Å². The van der Waals surface area contributed by atoms with Gasteiger partial charge in [-0.15, -0.1) is 0 Å². The Kier molecular flexibility index (Phi) is 8.52. The lowest BCUT2D eigenvalue weighted by Crippen LogP contribution is -2.15. The first-order chi connectivity index (χ1) is 7.52. The third-order valence-electron chi connectivity index (χ3n) is 1.75. The zero-order chi connectivity index (χ0) is 12.4. The van der Waals surface area contributed by atoms with Crippen molar-refractivity contribution in [1.29, 1.82) is 0 Å². The summed E-state index contributed by atoms with van der Waals surface area (Å²) in [5.74, 6) is -0.264. The number of carbonyl (C=O) groups is 2. The lowest BCUT2D eigenvalue weighted by Gasteiger charge is -2.07. The van der Waals surface area contributed by atoms with Gasteiger partial charge in [0.15, 0.2) is 6.79 Å². The van der Waals surface area contributed by atoms with Gasteiger partial charge in [-0.05, 0) is 18.8 Å². The number of hydrogen-bond donors (Lipinski definition) is 0. The van der Waals surface area contributed by atoms with Crippen molar-refractivity contribution >= 4 is 11.9 Å². The summed E-state index contributed by atoms with van der Waals surface area (Å²) in [7, 11) is 0. The van der Waals surface area contributed by atoms with Gasteiger partial charge in [0.2, 0.25) is 0 Å². The Bertz CT molecular complexity index is 212. The van der Waals surface area contributed by atoms with E-state index < -0.39 is 11.9 Å². The van der Waals surface area contributed by atoms with E-state index >= 15 is 0 Å². The van der Waals surface area contributed by atoms with Gasteiger partial charge in [0.1, 0.15) is 6.61 Å². The molecule has 0 radical (unpaired) electrons. The zero-order valence-electron chi connectivity index (χ0n) is 10.2. The van der Waals surface area contributed by atoms with E-state index in [2.05, 4.69) is 18.6 Å². The predicted molar refractivity (Wildman–Crippen MR) is 57.6 cm³/mol. The Hall–Kier alpha value is -1.10. The molecular formula is C11H20O5. The first kappa shape index (κ1) is 14.9. The second-order valence-electron chi connectivity index (χ2n) is 3.86. The highest BCUT2D eigenvalue weighted by Crippen LogP contribution is 2.03. The van der Waals surface area contributed by atoms with Crippen molar-refractivity contribution in [2.75, 3.05) is 20.0 Å². The SMILES string of the molecule is CC(=O)OCOCC(=O)OCCCC(C)C. The molecule has 0 aliphatic rings. The third-order valence-corrected chi connectivity index (χ3v) is 1.75. The molecule has 0 aromatic heterocycles. The fourth-order valence-corrected chi connectivity index (χ4v) is 0.969. The molecule has 0 aromatic carbocycles. The van der Waals surface area contributed by atoms with Crippen molar-refractivity contribution in [3.63, 3.8) is 0 Å². The van der Waals surface area contributed by atoms with Crippen LogP contribution in [0.2, 0.25) is 0 Å². The topological polar surface area (TPSA) is 61.8 Å².